The zero-order valence-electron chi connectivity index (χ0n) is 26.1. The molecule has 6 rings (SSSR count). The van der Waals surface area contributed by atoms with Crippen molar-refractivity contribution in [3.63, 3.8) is 0 Å². The summed E-state index contributed by atoms with van der Waals surface area (Å²) < 4.78 is 1.91. The van der Waals surface area contributed by atoms with Crippen LogP contribution < -0.4 is 5.32 Å². The zero-order valence-corrected chi connectivity index (χ0v) is 26.1. The van der Waals surface area contributed by atoms with Gasteiger partial charge in [-0.1, -0.05) is 66.7 Å². The average molecular weight is 622 g/mol. The van der Waals surface area contributed by atoms with Gasteiger partial charge in [0, 0.05) is 43.7 Å². The van der Waals surface area contributed by atoms with E-state index in [0.29, 0.717) is 6.54 Å². The number of nitrogens with one attached hydrogen (secondary N) is 1. The standard InChI is InChI=1S/C35H39N7O4/c1-4-17-39-23-32(44)41-30(18-25-13-15-29(43)16-14-25)34(45)38(20-27-11-8-12-28-21-40(24(2)3)37-33(27)28)22-31(41)42(39)35(46)36-19-26-9-6-5-7-10-26/h4-16,21,24,30-31,43H,1,17-20,22-23H2,2-3H3,(H,36,46)/t30-,31-/m0/s1. The van der Waals surface area contributed by atoms with Crippen LogP contribution in [0, 0.1) is 0 Å². The van der Waals surface area contributed by atoms with Crippen LogP contribution in [0.1, 0.15) is 36.6 Å². The molecule has 0 unspecified atom stereocenters. The predicted molar refractivity (Wildman–Crippen MR) is 174 cm³/mol. The Balaban J connectivity index is 1.37. The molecule has 46 heavy (non-hydrogen) atoms. The van der Waals surface area contributed by atoms with Gasteiger partial charge < -0.3 is 20.2 Å². The lowest BCUT2D eigenvalue weighted by Gasteiger charge is -2.55. The van der Waals surface area contributed by atoms with Gasteiger partial charge in [-0.15, -0.1) is 6.58 Å². The Hall–Kier alpha value is -5.16. The molecule has 11 heteroatoms. The van der Waals surface area contributed by atoms with Crippen molar-refractivity contribution in [3.05, 3.63) is 108 Å². The van der Waals surface area contributed by atoms with E-state index in [1.165, 1.54) is 0 Å². The normalized spacial score (nSPS) is 18.7. The summed E-state index contributed by atoms with van der Waals surface area (Å²) in [4.78, 5) is 45.5. The Morgan fingerprint density at radius 1 is 1.04 bits per heavy atom. The molecule has 0 bridgehead atoms. The quantitative estimate of drug-likeness (QED) is 0.273. The van der Waals surface area contributed by atoms with Gasteiger partial charge in [0.05, 0.1) is 18.6 Å². The van der Waals surface area contributed by atoms with Crippen molar-refractivity contribution in [1.82, 2.24) is 34.9 Å². The molecule has 4 aromatic rings. The van der Waals surface area contributed by atoms with E-state index in [-0.39, 0.29) is 62.2 Å². The van der Waals surface area contributed by atoms with Crippen LogP contribution in [-0.4, -0.2) is 84.4 Å². The fourth-order valence-corrected chi connectivity index (χ4v) is 6.28. The van der Waals surface area contributed by atoms with Crippen LogP contribution in [0.2, 0.25) is 0 Å². The summed E-state index contributed by atoms with van der Waals surface area (Å²) in [7, 11) is 0. The first kappa shape index (κ1) is 30.8. The number of phenols is 1. The van der Waals surface area contributed by atoms with Gasteiger partial charge >= 0.3 is 6.03 Å². The molecule has 0 radical (unpaired) electrons. The first-order valence-electron chi connectivity index (χ1n) is 15.5. The van der Waals surface area contributed by atoms with Crippen LogP contribution in [0.15, 0.2) is 91.6 Å². The molecule has 2 aliphatic heterocycles. The third-order valence-electron chi connectivity index (χ3n) is 8.56. The number of urea groups is 1. The van der Waals surface area contributed by atoms with Crippen LogP contribution >= 0.6 is 0 Å². The number of hydrazine groups is 1. The van der Waals surface area contributed by atoms with Gasteiger partial charge in [-0.05, 0) is 42.7 Å². The first-order chi connectivity index (χ1) is 22.2. The number of benzene rings is 3. The molecule has 3 heterocycles. The van der Waals surface area contributed by atoms with Gasteiger partial charge in [0.25, 0.3) is 0 Å². The highest BCUT2D eigenvalue weighted by molar-refractivity contribution is 5.92. The van der Waals surface area contributed by atoms with E-state index >= 15 is 0 Å². The van der Waals surface area contributed by atoms with E-state index in [1.807, 2.05) is 59.4 Å². The number of nitrogens with zero attached hydrogens (tertiary/aromatic N) is 6. The van der Waals surface area contributed by atoms with Gasteiger partial charge in [0.1, 0.15) is 18.0 Å². The molecular formula is C35H39N7O4. The molecule has 0 saturated carbocycles. The summed E-state index contributed by atoms with van der Waals surface area (Å²) >= 11 is 0. The van der Waals surface area contributed by atoms with E-state index in [9.17, 15) is 19.5 Å². The second-order valence-corrected chi connectivity index (χ2v) is 12.1. The molecule has 4 amide bonds. The summed E-state index contributed by atoms with van der Waals surface area (Å²) in [6.07, 6.45) is 3.13. The van der Waals surface area contributed by atoms with Crippen LogP contribution in [0.5, 0.6) is 5.75 Å². The maximum Gasteiger partial charge on any atom is 0.334 e. The third-order valence-corrected chi connectivity index (χ3v) is 8.56. The Morgan fingerprint density at radius 2 is 1.80 bits per heavy atom. The van der Waals surface area contributed by atoms with Crippen molar-refractivity contribution in [3.8, 4) is 5.75 Å². The number of hydrogen-bond donors (Lipinski definition) is 2. The summed E-state index contributed by atoms with van der Waals surface area (Å²) in [6.45, 7) is 8.86. The number of hydrogen-bond acceptors (Lipinski definition) is 6. The number of aromatic nitrogens is 2. The molecule has 0 spiro atoms. The smallest absolute Gasteiger partial charge is 0.334 e. The Labute approximate surface area is 268 Å². The average Bonchev–Trinajstić information content (AvgIpc) is 3.50. The third kappa shape index (κ3) is 6.18. The second-order valence-electron chi connectivity index (χ2n) is 12.1. The number of rotatable bonds is 9. The van der Waals surface area contributed by atoms with Crippen LogP contribution in [0.4, 0.5) is 4.79 Å². The Morgan fingerprint density at radius 3 is 2.52 bits per heavy atom. The summed E-state index contributed by atoms with van der Waals surface area (Å²) in [5.74, 6) is -0.337. The van der Waals surface area contributed by atoms with Gasteiger partial charge in [-0.2, -0.15) is 5.10 Å². The lowest BCUT2D eigenvalue weighted by molar-refractivity contribution is -0.189. The Kier molecular flexibility index (Phi) is 8.76. The largest absolute Gasteiger partial charge is 0.508 e. The number of carbonyl (C=O) groups excluding carboxylic acids is 3. The monoisotopic (exact) mass is 621 g/mol. The fraction of sp³-hybridized carbons (Fsp3) is 0.314. The number of fused-ring (bicyclic) bond motifs is 2. The van der Waals surface area contributed by atoms with E-state index in [1.54, 1.807) is 50.2 Å². The molecule has 1 aromatic heterocycles. The molecule has 2 atom stereocenters. The van der Waals surface area contributed by atoms with Crippen molar-refractivity contribution in [2.45, 2.75) is 51.6 Å². The minimum Gasteiger partial charge on any atom is -0.508 e. The lowest BCUT2D eigenvalue weighted by Crippen LogP contribution is -2.76. The highest BCUT2D eigenvalue weighted by Crippen LogP contribution is 2.31. The Bertz CT molecular complexity index is 1740. The van der Waals surface area contributed by atoms with Crippen molar-refractivity contribution in [1.29, 1.82) is 0 Å². The van der Waals surface area contributed by atoms with Crippen LogP contribution in [-0.2, 0) is 29.1 Å². The topological polar surface area (TPSA) is 114 Å². The molecule has 0 aliphatic carbocycles. The highest BCUT2D eigenvalue weighted by Gasteiger charge is 2.51. The molecule has 3 aromatic carbocycles. The molecule has 2 aliphatic rings. The summed E-state index contributed by atoms with van der Waals surface area (Å²) in [5.41, 5.74) is 3.42. The molecule has 2 fully saturated rings. The number of amides is 4. The number of phenolic OH excluding ortho intramolecular Hbond substituents is 1. The maximum absolute atomic E-state index is 14.4. The van der Waals surface area contributed by atoms with Crippen LogP contribution in [0.25, 0.3) is 10.9 Å². The maximum atomic E-state index is 14.4. The fourth-order valence-electron chi connectivity index (χ4n) is 6.28. The van der Waals surface area contributed by atoms with Gasteiger partial charge in [0.15, 0.2) is 0 Å². The number of piperazine rings is 1. The van der Waals surface area contributed by atoms with Crippen molar-refractivity contribution in [2.75, 3.05) is 19.6 Å². The SMILES string of the molecule is C=CCN1CC(=O)N2[C@@H](Cc3ccc(O)cc3)C(=O)N(Cc3cccc4cn(C(C)C)nc34)C[C@@H]2N1C(=O)NCc1ccccc1. The lowest BCUT2D eigenvalue weighted by atomic mass is 9.98. The van der Waals surface area contributed by atoms with E-state index in [4.69, 9.17) is 5.10 Å². The molecule has 238 valence electrons. The molecule has 2 saturated heterocycles. The second kappa shape index (κ2) is 13.1. The van der Waals surface area contributed by atoms with Gasteiger partial charge in [-0.25, -0.2) is 14.8 Å². The van der Waals surface area contributed by atoms with Gasteiger partial charge in [-0.3, -0.25) is 14.3 Å². The van der Waals surface area contributed by atoms with E-state index < -0.39 is 12.2 Å². The van der Waals surface area contributed by atoms with Crippen molar-refractivity contribution in [2.24, 2.45) is 0 Å². The summed E-state index contributed by atoms with van der Waals surface area (Å²) in [5, 5.41) is 21.9. The van der Waals surface area contributed by atoms with Gasteiger partial charge in [0.2, 0.25) is 11.8 Å². The van der Waals surface area contributed by atoms with Crippen molar-refractivity contribution < 1.29 is 19.5 Å². The summed E-state index contributed by atoms with van der Waals surface area (Å²) in [6, 6.07) is 21.1. The number of aromatic hydroxyl groups is 1. The minimum atomic E-state index is -0.862. The van der Waals surface area contributed by atoms with Crippen molar-refractivity contribution >= 4 is 28.7 Å². The minimum absolute atomic E-state index is 0.0768. The zero-order chi connectivity index (χ0) is 32.4. The van der Waals surface area contributed by atoms with E-state index in [0.717, 1.165) is 27.6 Å². The predicted octanol–water partition coefficient (Wildman–Crippen LogP) is 4.06. The number of carbonyl (C=O) groups is 3. The molecule has 11 nitrogen and oxygen atoms in total. The first-order valence-corrected chi connectivity index (χ1v) is 15.5. The highest BCUT2D eigenvalue weighted by atomic mass is 16.3. The van der Waals surface area contributed by atoms with Crippen LogP contribution in [0.3, 0.4) is 0 Å². The van der Waals surface area contributed by atoms with E-state index in [2.05, 4.69) is 25.7 Å². The molecular weight excluding hydrogens is 582 g/mol. The molecule has 2 N–H and O–H groups in total.